The molecule has 132 valence electrons. The second-order valence-electron chi connectivity index (χ2n) is 7.03. The molecule has 6 nitrogen and oxygen atoms in total. The van der Waals surface area contributed by atoms with Gasteiger partial charge in [0.2, 0.25) is 0 Å². The fourth-order valence-corrected chi connectivity index (χ4v) is 3.37. The summed E-state index contributed by atoms with van der Waals surface area (Å²) < 4.78 is 9.43. The van der Waals surface area contributed by atoms with E-state index in [2.05, 4.69) is 9.64 Å². The average molecular weight is 335 g/mol. The number of rotatable bonds is 4. The van der Waals surface area contributed by atoms with Gasteiger partial charge in [-0.1, -0.05) is 13.8 Å². The molecular weight excluding hydrogens is 310 g/mol. The topological polar surface area (TPSA) is 72.9 Å². The number of carbonyl (C=O) groups is 3. The van der Waals surface area contributed by atoms with Crippen LogP contribution in [-0.2, 0) is 23.9 Å². The number of hydrogen-bond acceptors (Lipinski definition) is 6. The number of esters is 2. The van der Waals surface area contributed by atoms with Crippen molar-refractivity contribution in [2.45, 2.75) is 39.5 Å². The van der Waals surface area contributed by atoms with Crippen LogP contribution in [0.5, 0.6) is 0 Å². The van der Waals surface area contributed by atoms with Crippen molar-refractivity contribution >= 4 is 17.7 Å². The smallest absolute Gasteiger partial charge is 0.338 e. The Morgan fingerprint density at radius 2 is 1.71 bits per heavy atom. The molecule has 0 N–H and O–H groups in total. The number of methoxy groups -OCH3 is 2. The van der Waals surface area contributed by atoms with Crippen molar-refractivity contribution in [2.75, 3.05) is 27.3 Å². The summed E-state index contributed by atoms with van der Waals surface area (Å²) in [7, 11) is 2.47. The molecule has 0 radical (unpaired) electrons. The summed E-state index contributed by atoms with van der Waals surface area (Å²) in [6.45, 7) is 5.79. The maximum atomic E-state index is 12.8. The van der Waals surface area contributed by atoms with Crippen LogP contribution in [0.2, 0.25) is 0 Å². The third-order valence-electron chi connectivity index (χ3n) is 4.48. The SMILES string of the molecule is COC(=O)/C=C(/C(=O)OC)C1=C(N2CCCC2)CC(C)(C)CC1=O. The molecule has 0 atom stereocenters. The maximum absolute atomic E-state index is 12.8. The molecule has 0 aromatic heterocycles. The summed E-state index contributed by atoms with van der Waals surface area (Å²) in [5.74, 6) is -1.50. The lowest BCUT2D eigenvalue weighted by Gasteiger charge is -2.36. The van der Waals surface area contributed by atoms with Crippen molar-refractivity contribution in [1.29, 1.82) is 0 Å². The summed E-state index contributed by atoms with van der Waals surface area (Å²) >= 11 is 0. The number of hydrogen-bond donors (Lipinski definition) is 0. The molecule has 0 spiro atoms. The van der Waals surface area contributed by atoms with Crippen LogP contribution in [-0.4, -0.2) is 49.9 Å². The summed E-state index contributed by atoms with van der Waals surface area (Å²) in [5.41, 5.74) is 0.972. The summed E-state index contributed by atoms with van der Waals surface area (Å²) in [6.07, 6.45) is 4.19. The molecule has 1 aliphatic heterocycles. The van der Waals surface area contributed by atoms with Crippen LogP contribution in [0.25, 0.3) is 0 Å². The Labute approximate surface area is 142 Å². The number of ketones is 1. The highest BCUT2D eigenvalue weighted by molar-refractivity contribution is 6.13. The zero-order valence-electron chi connectivity index (χ0n) is 14.8. The minimum atomic E-state index is -0.694. The van der Waals surface area contributed by atoms with Crippen LogP contribution in [0.15, 0.2) is 22.9 Å². The Morgan fingerprint density at radius 3 is 2.25 bits per heavy atom. The van der Waals surface area contributed by atoms with Gasteiger partial charge in [0, 0.05) is 31.3 Å². The lowest BCUT2D eigenvalue weighted by atomic mass is 9.74. The number of allylic oxidation sites excluding steroid dienone is 1. The third-order valence-corrected chi connectivity index (χ3v) is 4.48. The molecule has 1 heterocycles. The Morgan fingerprint density at radius 1 is 1.08 bits per heavy atom. The predicted octanol–water partition coefficient (Wildman–Crippen LogP) is 2.00. The van der Waals surface area contributed by atoms with E-state index in [1.165, 1.54) is 14.2 Å². The molecule has 0 bridgehead atoms. The second-order valence-corrected chi connectivity index (χ2v) is 7.03. The van der Waals surface area contributed by atoms with Crippen molar-refractivity contribution in [2.24, 2.45) is 5.41 Å². The van der Waals surface area contributed by atoms with Gasteiger partial charge < -0.3 is 14.4 Å². The summed E-state index contributed by atoms with van der Waals surface area (Å²) in [6, 6.07) is 0. The van der Waals surface area contributed by atoms with E-state index in [1.807, 2.05) is 13.8 Å². The molecule has 0 amide bonds. The molecule has 2 aliphatic rings. The molecule has 24 heavy (non-hydrogen) atoms. The van der Waals surface area contributed by atoms with Gasteiger partial charge in [0.25, 0.3) is 0 Å². The second kappa shape index (κ2) is 7.20. The van der Waals surface area contributed by atoms with Crippen LogP contribution in [0.4, 0.5) is 0 Å². The minimum Gasteiger partial charge on any atom is -0.466 e. The fraction of sp³-hybridized carbons (Fsp3) is 0.611. The third kappa shape index (κ3) is 3.86. The van der Waals surface area contributed by atoms with E-state index in [-0.39, 0.29) is 16.8 Å². The quantitative estimate of drug-likeness (QED) is 0.578. The van der Waals surface area contributed by atoms with E-state index in [9.17, 15) is 14.4 Å². The van der Waals surface area contributed by atoms with Crippen LogP contribution in [0.3, 0.4) is 0 Å². The highest BCUT2D eigenvalue weighted by atomic mass is 16.5. The minimum absolute atomic E-state index is 0.00764. The average Bonchev–Trinajstić information content (AvgIpc) is 3.05. The lowest BCUT2D eigenvalue weighted by Crippen LogP contribution is -2.35. The normalized spacial score (nSPS) is 21.1. The Balaban J connectivity index is 2.60. The van der Waals surface area contributed by atoms with Gasteiger partial charge in [0.05, 0.1) is 25.4 Å². The van der Waals surface area contributed by atoms with Crippen LogP contribution < -0.4 is 0 Å². The van der Waals surface area contributed by atoms with Gasteiger partial charge in [0.1, 0.15) is 0 Å². The van der Waals surface area contributed by atoms with E-state index < -0.39 is 11.9 Å². The predicted molar refractivity (Wildman–Crippen MR) is 88.0 cm³/mol. The zero-order valence-corrected chi connectivity index (χ0v) is 14.8. The highest BCUT2D eigenvalue weighted by Crippen LogP contribution is 2.41. The Bertz CT molecular complexity index is 609. The van der Waals surface area contributed by atoms with Crippen molar-refractivity contribution in [3.63, 3.8) is 0 Å². The number of likely N-dealkylation sites (tertiary alicyclic amines) is 1. The molecule has 0 unspecified atom stereocenters. The monoisotopic (exact) mass is 335 g/mol. The van der Waals surface area contributed by atoms with Gasteiger partial charge in [0.15, 0.2) is 5.78 Å². The molecule has 6 heteroatoms. The van der Waals surface area contributed by atoms with E-state index in [0.717, 1.165) is 37.7 Å². The van der Waals surface area contributed by atoms with Gasteiger partial charge in [-0.15, -0.1) is 0 Å². The van der Waals surface area contributed by atoms with E-state index >= 15 is 0 Å². The first kappa shape index (κ1) is 18.2. The fourth-order valence-electron chi connectivity index (χ4n) is 3.37. The molecule has 1 fully saturated rings. The van der Waals surface area contributed by atoms with Crippen molar-refractivity contribution in [3.8, 4) is 0 Å². The molecule has 2 rings (SSSR count). The number of nitrogens with zero attached hydrogens (tertiary/aromatic N) is 1. The summed E-state index contributed by atoms with van der Waals surface area (Å²) in [5, 5.41) is 0. The van der Waals surface area contributed by atoms with Crippen LogP contribution in [0.1, 0.15) is 39.5 Å². The Hall–Kier alpha value is -2.11. The first-order chi connectivity index (χ1) is 11.3. The number of ether oxygens (including phenoxy) is 2. The molecule has 1 aliphatic carbocycles. The van der Waals surface area contributed by atoms with Crippen molar-refractivity contribution < 1.29 is 23.9 Å². The zero-order chi connectivity index (χ0) is 17.9. The van der Waals surface area contributed by atoms with Crippen LogP contribution >= 0.6 is 0 Å². The Kier molecular flexibility index (Phi) is 5.47. The van der Waals surface area contributed by atoms with Crippen LogP contribution in [0, 0.1) is 5.41 Å². The molecule has 0 saturated carbocycles. The molecule has 0 aromatic rings. The summed E-state index contributed by atoms with van der Waals surface area (Å²) in [4.78, 5) is 38.9. The van der Waals surface area contributed by atoms with Gasteiger partial charge in [-0.2, -0.15) is 0 Å². The van der Waals surface area contributed by atoms with E-state index in [1.54, 1.807) is 0 Å². The van der Waals surface area contributed by atoms with E-state index in [0.29, 0.717) is 18.4 Å². The molecule has 0 aromatic carbocycles. The first-order valence-electron chi connectivity index (χ1n) is 8.18. The van der Waals surface area contributed by atoms with Gasteiger partial charge >= 0.3 is 11.9 Å². The van der Waals surface area contributed by atoms with Gasteiger partial charge in [-0.05, 0) is 24.7 Å². The first-order valence-corrected chi connectivity index (χ1v) is 8.18. The van der Waals surface area contributed by atoms with E-state index in [4.69, 9.17) is 4.74 Å². The molecular formula is C18H25NO5. The van der Waals surface area contributed by atoms with Crippen molar-refractivity contribution in [3.05, 3.63) is 22.9 Å². The highest BCUT2D eigenvalue weighted by Gasteiger charge is 2.39. The van der Waals surface area contributed by atoms with Gasteiger partial charge in [-0.25, -0.2) is 9.59 Å². The number of Topliss-reactive ketones (excluding diaryl/α,β-unsaturated/α-hetero) is 1. The number of carbonyl (C=O) groups excluding carboxylic acids is 3. The van der Waals surface area contributed by atoms with Gasteiger partial charge in [-0.3, -0.25) is 4.79 Å². The molecule has 1 saturated heterocycles. The maximum Gasteiger partial charge on any atom is 0.338 e. The largest absolute Gasteiger partial charge is 0.466 e. The van der Waals surface area contributed by atoms with Crippen molar-refractivity contribution in [1.82, 2.24) is 4.90 Å². The standard InChI is InChI=1S/C18H25NO5/c1-18(2)10-13(19-7-5-6-8-19)16(14(20)11-18)12(17(22)24-4)9-15(21)23-3/h9H,5-8,10-11H2,1-4H3/b12-9+. The lowest BCUT2D eigenvalue weighted by molar-refractivity contribution is -0.138.